The summed E-state index contributed by atoms with van der Waals surface area (Å²) in [5.41, 5.74) is -2.30. The Morgan fingerprint density at radius 2 is 2.22 bits per heavy atom. The summed E-state index contributed by atoms with van der Waals surface area (Å²) < 4.78 is 53.6. The van der Waals surface area contributed by atoms with Gasteiger partial charge < -0.3 is 15.4 Å². The first-order valence-corrected chi connectivity index (χ1v) is 9.50. The van der Waals surface area contributed by atoms with Crippen LogP contribution in [0.5, 0.6) is 0 Å². The van der Waals surface area contributed by atoms with Crippen LogP contribution in [0.15, 0.2) is 17.2 Å². The molecule has 3 unspecified atom stereocenters. The lowest BCUT2D eigenvalue weighted by molar-refractivity contribution is -0.137. The number of aromatic nitrogens is 1. The van der Waals surface area contributed by atoms with E-state index in [1.807, 2.05) is 0 Å². The Kier molecular flexibility index (Phi) is 6.82. The molecule has 1 saturated carbocycles. The van der Waals surface area contributed by atoms with E-state index < -0.39 is 39.4 Å². The zero-order valence-corrected chi connectivity index (χ0v) is 15.8. The average Bonchev–Trinajstić information content (AvgIpc) is 3.01. The minimum atomic E-state index is -4.72. The Hall–Kier alpha value is -1.72. The number of carbonyl (C=O) groups is 2. The monoisotopic (exact) mass is 426 g/mol. The van der Waals surface area contributed by atoms with E-state index in [0.717, 1.165) is 6.20 Å². The zero-order valence-electron chi connectivity index (χ0n) is 14.2. The summed E-state index contributed by atoms with van der Waals surface area (Å²) in [5.74, 6) is -0.362. The van der Waals surface area contributed by atoms with Crippen LogP contribution in [0.3, 0.4) is 0 Å². The molecule has 12 heteroatoms. The Morgan fingerprint density at radius 3 is 2.81 bits per heavy atom. The van der Waals surface area contributed by atoms with Crippen LogP contribution in [-0.4, -0.2) is 40.6 Å². The molecule has 0 bridgehead atoms. The molecule has 3 N–H and O–H groups in total. The van der Waals surface area contributed by atoms with Crippen molar-refractivity contribution in [2.75, 3.05) is 13.6 Å². The van der Waals surface area contributed by atoms with Gasteiger partial charge in [0.2, 0.25) is 0 Å². The number of carbonyl (C=O) groups excluding carboxylic acids is 2. The van der Waals surface area contributed by atoms with Crippen LogP contribution in [0.1, 0.15) is 24.8 Å². The highest BCUT2D eigenvalue weighted by Gasteiger charge is 2.44. The minimum absolute atomic E-state index is 0.0549. The number of nitrogens with zero attached hydrogens (tertiary/aromatic N) is 1. The fourth-order valence-electron chi connectivity index (χ4n) is 3.00. The van der Waals surface area contributed by atoms with Crippen LogP contribution in [-0.2, 0) is 22.0 Å². The lowest BCUT2D eigenvalue weighted by Crippen LogP contribution is -2.56. The first-order chi connectivity index (χ1) is 12.6. The number of rotatable bonds is 6. The molecule has 7 nitrogen and oxygen atoms in total. The summed E-state index contributed by atoms with van der Waals surface area (Å²) in [6.45, 7) is 0.0549. The third kappa shape index (κ3) is 4.96. The molecule has 3 atom stereocenters. The molecule has 0 aliphatic heterocycles. The van der Waals surface area contributed by atoms with E-state index in [-0.39, 0.29) is 17.4 Å². The molecule has 27 heavy (non-hydrogen) atoms. The van der Waals surface area contributed by atoms with Crippen molar-refractivity contribution in [1.29, 1.82) is 0 Å². The standard InChI is InChI=1S/C15H18ClF3N4O3S/c1-20-13(25)23-14(8-24)4-2-3-9(14)6-22-27(26)10-5-11(15(17,18)19)12(16)21-7-10/h5,7-9,22H,2-4,6H2,1H3,(H2,20,23,25). The van der Waals surface area contributed by atoms with Gasteiger partial charge in [-0.1, -0.05) is 18.0 Å². The van der Waals surface area contributed by atoms with Crippen LogP contribution >= 0.6 is 11.6 Å². The molecule has 1 aliphatic carbocycles. The predicted molar refractivity (Wildman–Crippen MR) is 92.4 cm³/mol. The Labute approximate surface area is 161 Å². The lowest BCUT2D eigenvalue weighted by Gasteiger charge is -2.31. The van der Waals surface area contributed by atoms with Crippen molar-refractivity contribution < 1.29 is 27.0 Å². The maximum absolute atomic E-state index is 12.9. The summed E-state index contributed by atoms with van der Waals surface area (Å²) in [7, 11) is -0.584. The van der Waals surface area contributed by atoms with Gasteiger partial charge in [0.25, 0.3) is 0 Å². The van der Waals surface area contributed by atoms with Crippen molar-refractivity contribution in [2.24, 2.45) is 5.92 Å². The minimum Gasteiger partial charge on any atom is -0.341 e. The number of amides is 2. The number of aldehydes is 1. The van der Waals surface area contributed by atoms with Crippen molar-refractivity contribution in [2.45, 2.75) is 35.9 Å². The molecule has 150 valence electrons. The molecule has 1 fully saturated rings. The molecular weight excluding hydrogens is 409 g/mol. The summed E-state index contributed by atoms with van der Waals surface area (Å²) in [6.07, 6.45) is -1.41. The smallest absolute Gasteiger partial charge is 0.341 e. The number of hydrogen-bond donors (Lipinski definition) is 3. The van der Waals surface area contributed by atoms with Gasteiger partial charge in [-0.15, -0.1) is 0 Å². The first kappa shape index (κ1) is 21.6. The van der Waals surface area contributed by atoms with E-state index in [4.69, 9.17) is 11.6 Å². The SMILES string of the molecule is CNC(=O)NC1(C=O)CCCC1CNS(=O)c1cnc(Cl)c(C(F)(F)F)c1. The molecule has 0 radical (unpaired) electrons. The second-order valence-electron chi connectivity index (χ2n) is 6.08. The van der Waals surface area contributed by atoms with Gasteiger partial charge in [0, 0.05) is 25.7 Å². The lowest BCUT2D eigenvalue weighted by atomic mass is 9.88. The number of pyridine rings is 1. The summed E-state index contributed by atoms with van der Waals surface area (Å²) in [5, 5.41) is 4.25. The number of halogens is 4. The Balaban J connectivity index is 2.10. The molecule has 1 heterocycles. The number of nitrogens with one attached hydrogen (secondary N) is 3. The molecule has 0 aromatic carbocycles. The zero-order chi connectivity index (χ0) is 20.2. The Morgan fingerprint density at radius 1 is 1.52 bits per heavy atom. The summed E-state index contributed by atoms with van der Waals surface area (Å²) in [6, 6.07) is 0.148. The van der Waals surface area contributed by atoms with Crippen molar-refractivity contribution >= 4 is 34.9 Å². The van der Waals surface area contributed by atoms with Gasteiger partial charge in [0.1, 0.15) is 28.0 Å². The second-order valence-corrected chi connectivity index (χ2v) is 7.73. The van der Waals surface area contributed by atoms with Crippen LogP contribution in [0.4, 0.5) is 18.0 Å². The average molecular weight is 427 g/mol. The molecule has 1 aliphatic rings. The van der Waals surface area contributed by atoms with Crippen molar-refractivity contribution in [1.82, 2.24) is 20.3 Å². The molecular formula is C15H18ClF3N4O3S. The van der Waals surface area contributed by atoms with Crippen molar-refractivity contribution in [3.8, 4) is 0 Å². The fraction of sp³-hybridized carbons (Fsp3) is 0.533. The van der Waals surface area contributed by atoms with Crippen molar-refractivity contribution in [3.63, 3.8) is 0 Å². The van der Waals surface area contributed by atoms with Crippen LogP contribution in [0.25, 0.3) is 0 Å². The number of alkyl halides is 3. The first-order valence-electron chi connectivity index (χ1n) is 7.97. The molecule has 0 spiro atoms. The molecule has 0 saturated heterocycles. The van der Waals surface area contributed by atoms with E-state index >= 15 is 0 Å². The maximum atomic E-state index is 12.9. The van der Waals surface area contributed by atoms with E-state index in [0.29, 0.717) is 31.6 Å². The molecule has 2 rings (SSSR count). The summed E-state index contributed by atoms with van der Waals surface area (Å²) >= 11 is 5.45. The van der Waals surface area contributed by atoms with Crippen LogP contribution in [0, 0.1) is 5.92 Å². The van der Waals surface area contributed by atoms with Gasteiger partial charge in [0.15, 0.2) is 0 Å². The van der Waals surface area contributed by atoms with Gasteiger partial charge in [-0.05, 0) is 18.9 Å². The summed E-state index contributed by atoms with van der Waals surface area (Å²) in [4.78, 5) is 26.5. The molecule has 2 amide bonds. The molecule has 1 aromatic heterocycles. The highest BCUT2D eigenvalue weighted by Crippen LogP contribution is 2.35. The predicted octanol–water partition coefficient (Wildman–Crippen LogP) is 2.03. The normalized spacial score (nSPS) is 23.7. The quantitative estimate of drug-likeness (QED) is 0.478. The van der Waals surface area contributed by atoms with Gasteiger partial charge in [-0.3, -0.25) is 0 Å². The van der Waals surface area contributed by atoms with Crippen molar-refractivity contribution in [3.05, 3.63) is 23.0 Å². The number of urea groups is 1. The van der Waals surface area contributed by atoms with E-state index in [1.165, 1.54) is 7.05 Å². The van der Waals surface area contributed by atoms with Gasteiger partial charge in [-0.25, -0.2) is 18.7 Å². The maximum Gasteiger partial charge on any atom is 0.419 e. The fourth-order valence-corrected chi connectivity index (χ4v) is 4.10. The third-order valence-electron chi connectivity index (χ3n) is 4.45. The highest BCUT2D eigenvalue weighted by atomic mass is 35.5. The molecule has 1 aromatic rings. The van der Waals surface area contributed by atoms with Gasteiger partial charge in [-0.2, -0.15) is 13.2 Å². The highest BCUT2D eigenvalue weighted by molar-refractivity contribution is 7.83. The van der Waals surface area contributed by atoms with Crippen LogP contribution < -0.4 is 15.4 Å². The van der Waals surface area contributed by atoms with Gasteiger partial charge >= 0.3 is 12.2 Å². The Bertz CT molecular complexity index is 750. The van der Waals surface area contributed by atoms with Gasteiger partial charge in [0.05, 0.1) is 10.5 Å². The number of hydrogen-bond acceptors (Lipinski definition) is 4. The van der Waals surface area contributed by atoms with E-state index in [2.05, 4.69) is 20.3 Å². The van der Waals surface area contributed by atoms with E-state index in [9.17, 15) is 27.0 Å². The van der Waals surface area contributed by atoms with Crippen LogP contribution in [0.2, 0.25) is 5.15 Å². The topological polar surface area (TPSA) is 100 Å². The van der Waals surface area contributed by atoms with E-state index in [1.54, 1.807) is 0 Å². The largest absolute Gasteiger partial charge is 0.419 e. The second kappa shape index (κ2) is 8.53. The third-order valence-corrected chi connectivity index (χ3v) is 5.83.